The molecule has 0 aliphatic carbocycles. The lowest BCUT2D eigenvalue weighted by Crippen LogP contribution is -1.82. The second-order valence-corrected chi connectivity index (χ2v) is 3.48. The maximum absolute atomic E-state index is 4.95. The summed E-state index contributed by atoms with van der Waals surface area (Å²) in [5.41, 5.74) is 0. The minimum Gasteiger partial charge on any atom is -0.497 e. The molecule has 0 atom stereocenters. The normalized spacial score (nSPS) is 16.9. The Morgan fingerprint density at radius 3 is 2.88 bits per heavy atom. The molecule has 0 spiro atoms. The van der Waals surface area contributed by atoms with Crippen LogP contribution in [0.4, 0.5) is 0 Å². The number of hydrogen-bond acceptors (Lipinski definition) is 1. The summed E-state index contributed by atoms with van der Waals surface area (Å²) in [4.78, 5) is 0. The van der Waals surface area contributed by atoms with Crippen LogP contribution in [0.3, 0.4) is 0 Å². The highest BCUT2D eigenvalue weighted by Crippen LogP contribution is 2.08. The molecule has 0 saturated heterocycles. The van der Waals surface area contributed by atoms with Gasteiger partial charge in [-0.15, -0.1) is 0 Å². The van der Waals surface area contributed by atoms with Crippen LogP contribution in [0, 0.1) is 0 Å². The summed E-state index contributed by atoms with van der Waals surface area (Å²) in [5, 5.41) is 0. The molecule has 0 fully saturated rings. The van der Waals surface area contributed by atoms with Gasteiger partial charge >= 0.3 is 0 Å². The van der Waals surface area contributed by atoms with Gasteiger partial charge in [0.2, 0.25) is 0 Å². The third-order valence-corrected chi connectivity index (χ3v) is 2.39. The average Bonchev–Trinajstić information content (AvgIpc) is 1.90. The Bertz CT molecular complexity index is 156. The van der Waals surface area contributed by atoms with Gasteiger partial charge in [0.25, 0.3) is 0 Å². The van der Waals surface area contributed by atoms with Gasteiger partial charge in [0, 0.05) is 0 Å². The molecule has 0 aromatic carbocycles. The van der Waals surface area contributed by atoms with Gasteiger partial charge in [-0.25, -0.2) is 0 Å². The van der Waals surface area contributed by atoms with Gasteiger partial charge in [-0.1, -0.05) is 20.7 Å². The van der Waals surface area contributed by atoms with E-state index in [1.165, 1.54) is 0 Å². The first-order valence-corrected chi connectivity index (χ1v) is 4.78. The van der Waals surface area contributed by atoms with Gasteiger partial charge in [0.15, 0.2) is 0 Å². The Hall–Kier alpha value is -0.120. The van der Waals surface area contributed by atoms with Crippen LogP contribution in [0.2, 0.25) is 0 Å². The first-order chi connectivity index (χ1) is 3.93. The molecule has 44 valence electrons. The van der Waals surface area contributed by atoms with Crippen molar-refractivity contribution in [2.75, 3.05) is 7.11 Å². The minimum absolute atomic E-state index is 0.219. The lowest BCUT2D eigenvalue weighted by Gasteiger charge is -1.98. The second-order valence-electron chi connectivity index (χ2n) is 1.32. The van der Waals surface area contributed by atoms with Crippen LogP contribution in [-0.4, -0.2) is 11.1 Å². The summed E-state index contributed by atoms with van der Waals surface area (Å²) >= 11 is 0.219. The van der Waals surface area contributed by atoms with Crippen molar-refractivity contribution in [2.45, 2.75) is 0 Å². The lowest BCUT2D eigenvalue weighted by atomic mass is 10.5. The van der Waals surface area contributed by atoms with E-state index in [0.717, 1.165) is 5.76 Å². The number of ether oxygens (including phenoxy) is 1. The molecule has 1 rings (SSSR count). The molecule has 8 heavy (non-hydrogen) atoms. The molecular formula is C6H7IO. The van der Waals surface area contributed by atoms with Crippen molar-refractivity contribution in [1.82, 2.24) is 0 Å². The number of halogens is 1. The molecule has 0 unspecified atom stereocenters. The van der Waals surface area contributed by atoms with Gasteiger partial charge in [-0.3, -0.25) is 0 Å². The van der Waals surface area contributed by atoms with Gasteiger partial charge in [-0.2, -0.15) is 0 Å². The molecule has 1 nitrogen and oxygen atoms in total. The molecule has 1 aliphatic heterocycles. The van der Waals surface area contributed by atoms with Crippen LogP contribution in [-0.2, 0) is 4.74 Å². The fourth-order valence-corrected chi connectivity index (χ4v) is 1.79. The van der Waals surface area contributed by atoms with E-state index in [1.807, 2.05) is 12.2 Å². The van der Waals surface area contributed by atoms with Gasteiger partial charge in [-0.05, 0) is 20.2 Å². The van der Waals surface area contributed by atoms with E-state index in [1.54, 1.807) is 7.11 Å². The van der Waals surface area contributed by atoms with Crippen LogP contribution in [0.15, 0.2) is 22.0 Å². The smallest absolute Gasteiger partial charge is 0.119 e. The van der Waals surface area contributed by atoms with Crippen LogP contribution >= 0.6 is 20.7 Å². The van der Waals surface area contributed by atoms with Gasteiger partial charge < -0.3 is 4.74 Å². The number of methoxy groups -OCH3 is 1. The maximum atomic E-state index is 4.95. The number of rotatable bonds is 1. The van der Waals surface area contributed by atoms with E-state index < -0.39 is 0 Å². The van der Waals surface area contributed by atoms with Crippen LogP contribution in [0.1, 0.15) is 0 Å². The van der Waals surface area contributed by atoms with E-state index in [2.05, 4.69) is 8.09 Å². The second kappa shape index (κ2) is 3.02. The Morgan fingerprint density at radius 1 is 1.62 bits per heavy atom. The van der Waals surface area contributed by atoms with Crippen molar-refractivity contribution in [1.29, 1.82) is 0 Å². The van der Waals surface area contributed by atoms with Crippen molar-refractivity contribution in [3.8, 4) is 0 Å². The summed E-state index contributed by atoms with van der Waals surface area (Å²) in [5.74, 6) is 0.968. The SMILES string of the molecule is COC1=CC=IC=C1. The first-order valence-electron chi connectivity index (χ1n) is 2.29. The molecule has 1 heterocycles. The quantitative estimate of drug-likeness (QED) is 0.615. The molecule has 0 aromatic rings. The summed E-state index contributed by atoms with van der Waals surface area (Å²) in [6.45, 7) is 0. The zero-order chi connectivity index (χ0) is 5.82. The predicted octanol–water partition coefficient (Wildman–Crippen LogP) is 1.82. The molecule has 2 heteroatoms. The monoisotopic (exact) mass is 222 g/mol. The molecule has 0 aromatic heterocycles. The molecule has 0 amide bonds. The first kappa shape index (κ1) is 6.01. The highest BCUT2D eigenvalue weighted by Gasteiger charge is 1.86. The van der Waals surface area contributed by atoms with Crippen LogP contribution in [0.5, 0.6) is 0 Å². The Kier molecular flexibility index (Phi) is 2.27. The van der Waals surface area contributed by atoms with Crippen molar-refractivity contribution in [2.24, 2.45) is 0 Å². The van der Waals surface area contributed by atoms with Crippen molar-refractivity contribution in [3.63, 3.8) is 0 Å². The van der Waals surface area contributed by atoms with Gasteiger partial charge in [0.1, 0.15) is 5.76 Å². The molecule has 0 bridgehead atoms. The highest BCUT2D eigenvalue weighted by atomic mass is 127. The van der Waals surface area contributed by atoms with Gasteiger partial charge in [0.05, 0.1) is 7.11 Å². The van der Waals surface area contributed by atoms with Crippen molar-refractivity contribution >= 4 is 24.7 Å². The Labute approximate surface area is 58.8 Å². The van der Waals surface area contributed by atoms with Crippen molar-refractivity contribution < 1.29 is 4.74 Å². The lowest BCUT2D eigenvalue weighted by molar-refractivity contribution is 0.308. The molecule has 0 saturated carbocycles. The Morgan fingerprint density at radius 2 is 2.50 bits per heavy atom. The highest BCUT2D eigenvalue weighted by molar-refractivity contribution is 14.2. The molecule has 1 aliphatic rings. The largest absolute Gasteiger partial charge is 0.497 e. The van der Waals surface area contributed by atoms with E-state index in [4.69, 9.17) is 4.74 Å². The number of hydrogen-bond donors (Lipinski definition) is 0. The average molecular weight is 222 g/mol. The van der Waals surface area contributed by atoms with Crippen LogP contribution < -0.4 is 0 Å². The molecule has 0 radical (unpaired) electrons. The third kappa shape index (κ3) is 1.43. The number of allylic oxidation sites excluding steroid dienone is 2. The molecular weight excluding hydrogens is 215 g/mol. The van der Waals surface area contributed by atoms with Crippen LogP contribution in [0.25, 0.3) is 0 Å². The van der Waals surface area contributed by atoms with E-state index >= 15 is 0 Å². The predicted molar refractivity (Wildman–Crippen MR) is 44.3 cm³/mol. The fourth-order valence-electron chi connectivity index (χ4n) is 0.431. The summed E-state index contributed by atoms with van der Waals surface area (Å²) < 4.78 is 9.31. The fraction of sp³-hybridized carbons (Fsp3) is 0.167. The minimum atomic E-state index is 0.219. The molecule has 0 N–H and O–H groups in total. The summed E-state index contributed by atoms with van der Waals surface area (Å²) in [7, 11) is 1.69. The summed E-state index contributed by atoms with van der Waals surface area (Å²) in [6.07, 6.45) is 4.04. The zero-order valence-corrected chi connectivity index (χ0v) is 6.75. The van der Waals surface area contributed by atoms with E-state index in [9.17, 15) is 0 Å². The van der Waals surface area contributed by atoms with E-state index in [0.29, 0.717) is 0 Å². The maximum Gasteiger partial charge on any atom is 0.119 e. The zero-order valence-electron chi connectivity index (χ0n) is 4.60. The third-order valence-electron chi connectivity index (χ3n) is 0.836. The Balaban J connectivity index is 2.68. The van der Waals surface area contributed by atoms with Crippen molar-refractivity contribution in [3.05, 3.63) is 22.0 Å². The summed E-state index contributed by atoms with van der Waals surface area (Å²) in [6, 6.07) is 0. The topological polar surface area (TPSA) is 9.23 Å². The van der Waals surface area contributed by atoms with E-state index in [-0.39, 0.29) is 20.7 Å². The standard InChI is InChI=1S/C6H7IO/c1-8-6-2-4-7-5-3-6/h2-5H,1H3.